The molecule has 0 saturated heterocycles. The molecule has 4 heteroatoms. The smallest absolute Gasteiger partial charge is 0.872 e. The molecule has 3 aromatic rings. The Bertz CT molecular complexity index is 483. The van der Waals surface area contributed by atoms with E-state index < -0.39 is 0 Å². The Balaban J connectivity index is 0.000000280. The van der Waals surface area contributed by atoms with E-state index in [2.05, 4.69) is 4.98 Å². The van der Waals surface area contributed by atoms with Gasteiger partial charge in [0.2, 0.25) is 0 Å². The van der Waals surface area contributed by atoms with Crippen LogP contribution in [0.3, 0.4) is 0 Å². The number of hydrogen-bond acceptors (Lipinski definition) is 3. The molecule has 0 saturated carbocycles. The van der Waals surface area contributed by atoms with Crippen LogP contribution in [0, 0.1) is 0 Å². The first-order valence-electron chi connectivity index (χ1n) is 6.08. The van der Waals surface area contributed by atoms with E-state index in [1.54, 1.807) is 36.7 Å². The van der Waals surface area contributed by atoms with Crippen molar-refractivity contribution in [3.8, 4) is 11.5 Å². The normalized spacial score (nSPS) is 8.00. The summed E-state index contributed by atoms with van der Waals surface area (Å²) in [4.78, 5) is 3.78. The fourth-order valence-corrected chi connectivity index (χ4v) is 1.15. The van der Waals surface area contributed by atoms with E-state index in [1.807, 2.05) is 30.3 Å². The van der Waals surface area contributed by atoms with Gasteiger partial charge in [-0.25, -0.2) is 0 Å². The molecular formula is C17H15NO2Ti. The topological polar surface area (TPSA) is 59.0 Å². The molecule has 0 atom stereocenters. The second kappa shape index (κ2) is 12.9. The molecule has 0 amide bonds. The average Bonchev–Trinajstić information content (AvgIpc) is 2.52. The van der Waals surface area contributed by atoms with Crippen molar-refractivity contribution in [3.05, 3.63) is 91.3 Å². The number of nitrogens with zero attached hydrogens (tertiary/aromatic N) is 1. The SMILES string of the molecule is [O-]c1ccccc1.[O-]c1ccccc1.[Ti+2].c1ccncc1. The molecule has 2 aromatic carbocycles. The maximum absolute atomic E-state index is 10.3. The minimum atomic E-state index is 0. The summed E-state index contributed by atoms with van der Waals surface area (Å²) in [6.45, 7) is 0. The van der Waals surface area contributed by atoms with E-state index in [-0.39, 0.29) is 33.2 Å². The third-order valence-electron chi connectivity index (χ3n) is 2.05. The molecule has 21 heavy (non-hydrogen) atoms. The number of hydrogen-bond donors (Lipinski definition) is 0. The van der Waals surface area contributed by atoms with Crippen molar-refractivity contribution in [2.75, 3.05) is 0 Å². The van der Waals surface area contributed by atoms with Crippen molar-refractivity contribution in [2.45, 2.75) is 0 Å². The number of pyridine rings is 1. The van der Waals surface area contributed by atoms with Gasteiger partial charge in [-0.2, -0.15) is 0 Å². The van der Waals surface area contributed by atoms with E-state index in [1.165, 1.54) is 24.3 Å². The van der Waals surface area contributed by atoms with Gasteiger partial charge >= 0.3 is 21.7 Å². The van der Waals surface area contributed by atoms with Crippen molar-refractivity contribution in [3.63, 3.8) is 0 Å². The number of aromatic nitrogens is 1. The third kappa shape index (κ3) is 11.4. The van der Waals surface area contributed by atoms with Gasteiger partial charge < -0.3 is 10.2 Å². The molecule has 0 aliphatic rings. The van der Waals surface area contributed by atoms with E-state index in [0.717, 1.165) is 0 Å². The average molecular weight is 313 g/mol. The molecule has 0 radical (unpaired) electrons. The fraction of sp³-hybridized carbons (Fsp3) is 0. The summed E-state index contributed by atoms with van der Waals surface area (Å²) in [7, 11) is 0. The van der Waals surface area contributed by atoms with Crippen LogP contribution < -0.4 is 10.2 Å². The quantitative estimate of drug-likeness (QED) is 0.599. The molecular weight excluding hydrogens is 298 g/mol. The summed E-state index contributed by atoms with van der Waals surface area (Å²) in [5.74, 6) is 0.144. The Labute approximate surface area is 139 Å². The second-order valence-electron chi connectivity index (χ2n) is 3.65. The van der Waals surface area contributed by atoms with E-state index in [4.69, 9.17) is 0 Å². The Hall–Kier alpha value is -2.10. The van der Waals surface area contributed by atoms with E-state index in [0.29, 0.717) is 0 Å². The predicted octanol–water partition coefficient (Wildman–Crippen LogP) is 2.60. The molecule has 0 N–H and O–H groups in total. The molecule has 0 aliphatic carbocycles. The van der Waals surface area contributed by atoms with Crippen LogP contribution in [0.25, 0.3) is 0 Å². The van der Waals surface area contributed by atoms with Crippen molar-refractivity contribution >= 4 is 0 Å². The molecule has 3 rings (SSSR count). The largest absolute Gasteiger partial charge is 2.00 e. The van der Waals surface area contributed by atoms with Crippen LogP contribution in [0.1, 0.15) is 0 Å². The van der Waals surface area contributed by atoms with Crippen molar-refractivity contribution < 1.29 is 31.9 Å². The summed E-state index contributed by atoms with van der Waals surface area (Å²) in [6, 6.07) is 22.4. The van der Waals surface area contributed by atoms with Gasteiger partial charge in [-0.1, -0.05) is 66.7 Å². The van der Waals surface area contributed by atoms with Crippen LogP contribution in [0.15, 0.2) is 91.3 Å². The maximum Gasteiger partial charge on any atom is 2.00 e. The number of benzene rings is 2. The van der Waals surface area contributed by atoms with Crippen LogP contribution in [-0.2, 0) is 21.7 Å². The van der Waals surface area contributed by atoms with Gasteiger partial charge in [0, 0.05) is 12.4 Å². The minimum absolute atomic E-state index is 0. The Morgan fingerprint density at radius 3 is 1.00 bits per heavy atom. The molecule has 1 aromatic heterocycles. The standard InChI is InChI=1S/2C6H6O.C5H5N.Ti/c2*7-6-4-2-1-3-5-6;1-2-4-6-5-3-1;/h2*1-5,7H;1-5H;/q;;;+2/p-2. The summed E-state index contributed by atoms with van der Waals surface area (Å²) >= 11 is 0. The van der Waals surface area contributed by atoms with Gasteiger partial charge in [0.15, 0.2) is 0 Å². The molecule has 0 spiro atoms. The molecule has 1 heterocycles. The van der Waals surface area contributed by atoms with Crippen molar-refractivity contribution in [1.82, 2.24) is 4.98 Å². The molecule has 0 aliphatic heterocycles. The monoisotopic (exact) mass is 313 g/mol. The minimum Gasteiger partial charge on any atom is -0.872 e. The zero-order chi connectivity index (χ0) is 14.5. The Morgan fingerprint density at radius 1 is 0.524 bits per heavy atom. The van der Waals surface area contributed by atoms with Gasteiger partial charge in [0.1, 0.15) is 0 Å². The van der Waals surface area contributed by atoms with Gasteiger partial charge in [0.25, 0.3) is 0 Å². The molecule has 0 bridgehead atoms. The van der Waals surface area contributed by atoms with Crippen LogP contribution in [0.5, 0.6) is 11.5 Å². The first-order chi connectivity index (χ1) is 9.79. The first kappa shape index (κ1) is 18.9. The van der Waals surface area contributed by atoms with Gasteiger partial charge in [-0.3, -0.25) is 4.98 Å². The van der Waals surface area contributed by atoms with Crippen LogP contribution in [-0.4, -0.2) is 4.98 Å². The van der Waals surface area contributed by atoms with Crippen molar-refractivity contribution in [2.24, 2.45) is 0 Å². The van der Waals surface area contributed by atoms with Gasteiger partial charge in [0.05, 0.1) is 0 Å². The summed E-state index contributed by atoms with van der Waals surface area (Å²) in [6.07, 6.45) is 3.50. The zero-order valence-electron chi connectivity index (χ0n) is 11.4. The first-order valence-corrected chi connectivity index (χ1v) is 6.08. The summed E-state index contributed by atoms with van der Waals surface area (Å²) in [5, 5.41) is 20.5. The third-order valence-corrected chi connectivity index (χ3v) is 2.05. The van der Waals surface area contributed by atoms with Crippen LogP contribution in [0.4, 0.5) is 0 Å². The molecule has 0 fully saturated rings. The predicted molar refractivity (Wildman–Crippen MR) is 76.0 cm³/mol. The zero-order valence-corrected chi connectivity index (χ0v) is 13.0. The van der Waals surface area contributed by atoms with E-state index in [9.17, 15) is 10.2 Å². The van der Waals surface area contributed by atoms with Gasteiger partial charge in [-0.15, -0.1) is 11.5 Å². The van der Waals surface area contributed by atoms with E-state index >= 15 is 0 Å². The molecule has 0 unspecified atom stereocenters. The number of rotatable bonds is 0. The molecule has 3 nitrogen and oxygen atoms in total. The fourth-order valence-electron chi connectivity index (χ4n) is 1.15. The Morgan fingerprint density at radius 2 is 0.857 bits per heavy atom. The molecule has 104 valence electrons. The van der Waals surface area contributed by atoms with Gasteiger partial charge in [-0.05, 0) is 12.1 Å². The van der Waals surface area contributed by atoms with Crippen LogP contribution >= 0.6 is 0 Å². The Kier molecular flexibility index (Phi) is 11.6. The second-order valence-corrected chi connectivity index (χ2v) is 3.65. The van der Waals surface area contributed by atoms with Crippen molar-refractivity contribution in [1.29, 1.82) is 0 Å². The maximum atomic E-state index is 10.3. The summed E-state index contributed by atoms with van der Waals surface area (Å²) in [5.41, 5.74) is 0. The van der Waals surface area contributed by atoms with Crippen LogP contribution in [0.2, 0.25) is 0 Å². The number of para-hydroxylation sites is 2. The summed E-state index contributed by atoms with van der Waals surface area (Å²) < 4.78 is 0.